The van der Waals surface area contributed by atoms with Crippen LogP contribution >= 0.6 is 0 Å². The monoisotopic (exact) mass is 273 g/mol. The molecular formula is C12H14F3N3O. The lowest BCUT2D eigenvalue weighted by atomic mass is 10.1. The Morgan fingerprint density at radius 2 is 2.11 bits per heavy atom. The van der Waals surface area contributed by atoms with Gasteiger partial charge in [0, 0.05) is 25.2 Å². The van der Waals surface area contributed by atoms with Gasteiger partial charge in [0.25, 0.3) is 5.56 Å². The number of fused-ring (bicyclic) bond motifs is 1. The number of rotatable bonds is 2. The van der Waals surface area contributed by atoms with Crippen LogP contribution in [-0.4, -0.2) is 28.0 Å². The summed E-state index contributed by atoms with van der Waals surface area (Å²) in [6.07, 6.45) is -1.74. The molecule has 7 heteroatoms. The zero-order valence-corrected chi connectivity index (χ0v) is 10.3. The Labute approximate surface area is 107 Å². The van der Waals surface area contributed by atoms with Gasteiger partial charge in [-0.1, -0.05) is 0 Å². The summed E-state index contributed by atoms with van der Waals surface area (Å²) in [7, 11) is 0. The zero-order chi connectivity index (χ0) is 13.6. The number of nitrogens with zero attached hydrogens (tertiary/aromatic N) is 2. The van der Waals surface area contributed by atoms with Crippen LogP contribution in [0.25, 0.3) is 0 Å². The fraction of sp³-hybridized carbons (Fsp3) is 0.667. The largest absolute Gasteiger partial charge is 0.449 e. The maximum absolute atomic E-state index is 12.6. The van der Waals surface area contributed by atoms with E-state index >= 15 is 0 Å². The lowest BCUT2D eigenvalue weighted by molar-refractivity contribution is -0.145. The summed E-state index contributed by atoms with van der Waals surface area (Å²) in [4.78, 5) is 19.2. The number of H-pyrrole nitrogens is 1. The Morgan fingerprint density at radius 3 is 2.74 bits per heavy atom. The highest BCUT2D eigenvalue weighted by Crippen LogP contribution is 2.31. The van der Waals surface area contributed by atoms with Crippen molar-refractivity contribution in [3.63, 3.8) is 0 Å². The van der Waals surface area contributed by atoms with Crippen LogP contribution in [0.2, 0.25) is 0 Å². The van der Waals surface area contributed by atoms with E-state index in [1.165, 1.54) is 12.8 Å². The second kappa shape index (κ2) is 4.33. The molecule has 1 aromatic heterocycles. The normalized spacial score (nSPS) is 20.4. The molecule has 0 saturated heterocycles. The predicted molar refractivity (Wildman–Crippen MR) is 61.6 cm³/mol. The van der Waals surface area contributed by atoms with Gasteiger partial charge in [0.2, 0.25) is 5.82 Å². The quantitative estimate of drug-likeness (QED) is 0.889. The fourth-order valence-corrected chi connectivity index (χ4v) is 2.45. The summed E-state index contributed by atoms with van der Waals surface area (Å²) >= 11 is 0. The summed E-state index contributed by atoms with van der Waals surface area (Å²) < 4.78 is 37.8. The van der Waals surface area contributed by atoms with Crippen molar-refractivity contribution in [2.75, 3.05) is 13.1 Å². The van der Waals surface area contributed by atoms with E-state index in [1.807, 2.05) is 4.98 Å². The average Bonchev–Trinajstić information content (AvgIpc) is 3.11. The summed E-state index contributed by atoms with van der Waals surface area (Å²) in [5, 5.41) is 0. The van der Waals surface area contributed by atoms with Gasteiger partial charge in [0.15, 0.2) is 0 Å². The van der Waals surface area contributed by atoms with Crippen LogP contribution in [0.1, 0.15) is 29.9 Å². The molecule has 0 bridgehead atoms. The summed E-state index contributed by atoms with van der Waals surface area (Å²) in [5.41, 5.74) is 0.0337. The van der Waals surface area contributed by atoms with Crippen LogP contribution in [-0.2, 0) is 19.1 Å². The Kier molecular flexibility index (Phi) is 2.88. The van der Waals surface area contributed by atoms with E-state index in [4.69, 9.17) is 0 Å². The molecule has 2 heterocycles. The molecule has 0 atom stereocenters. The molecule has 2 aliphatic rings. The van der Waals surface area contributed by atoms with Crippen molar-refractivity contribution in [2.24, 2.45) is 5.92 Å². The molecule has 0 spiro atoms. The topological polar surface area (TPSA) is 49.0 Å². The number of halogens is 3. The van der Waals surface area contributed by atoms with Crippen molar-refractivity contribution in [3.8, 4) is 0 Å². The van der Waals surface area contributed by atoms with E-state index in [0.717, 1.165) is 13.1 Å². The standard InChI is InChI=1S/C12H14F3N3O/c13-12(14,15)11-16-9-6-18(5-7-1-2-7)4-3-8(9)10(19)17-11/h7H,1-6H2,(H,16,17,19). The van der Waals surface area contributed by atoms with Gasteiger partial charge >= 0.3 is 6.18 Å². The smallest absolute Gasteiger partial charge is 0.303 e. The van der Waals surface area contributed by atoms with Crippen LogP contribution in [0, 0.1) is 5.92 Å². The molecule has 1 aliphatic carbocycles. The van der Waals surface area contributed by atoms with Gasteiger partial charge in [-0.05, 0) is 25.2 Å². The van der Waals surface area contributed by atoms with Crippen LogP contribution in [0.5, 0.6) is 0 Å². The summed E-state index contributed by atoms with van der Waals surface area (Å²) in [5.74, 6) is -0.518. The van der Waals surface area contributed by atoms with Gasteiger partial charge in [-0.15, -0.1) is 0 Å². The minimum absolute atomic E-state index is 0.281. The van der Waals surface area contributed by atoms with Crippen molar-refractivity contribution < 1.29 is 13.2 Å². The fourth-order valence-electron chi connectivity index (χ4n) is 2.45. The molecule has 1 fully saturated rings. The Bertz CT molecular complexity index is 548. The number of nitrogens with one attached hydrogen (secondary N) is 1. The van der Waals surface area contributed by atoms with Gasteiger partial charge in [0.1, 0.15) is 0 Å². The van der Waals surface area contributed by atoms with Crippen molar-refractivity contribution >= 4 is 0 Å². The number of hydrogen-bond acceptors (Lipinski definition) is 3. The summed E-state index contributed by atoms with van der Waals surface area (Å²) in [6.45, 7) is 1.97. The van der Waals surface area contributed by atoms with Crippen LogP contribution in [0.4, 0.5) is 13.2 Å². The maximum atomic E-state index is 12.6. The van der Waals surface area contributed by atoms with Gasteiger partial charge in [-0.25, -0.2) is 4.98 Å². The van der Waals surface area contributed by atoms with E-state index in [-0.39, 0.29) is 5.69 Å². The zero-order valence-electron chi connectivity index (χ0n) is 10.3. The lowest BCUT2D eigenvalue weighted by Crippen LogP contribution is -2.37. The van der Waals surface area contributed by atoms with E-state index in [0.29, 0.717) is 24.4 Å². The van der Waals surface area contributed by atoms with E-state index in [2.05, 4.69) is 9.88 Å². The van der Waals surface area contributed by atoms with Gasteiger partial charge in [0.05, 0.1) is 5.69 Å². The highest BCUT2D eigenvalue weighted by atomic mass is 19.4. The summed E-state index contributed by atoms with van der Waals surface area (Å²) in [6, 6.07) is 0. The van der Waals surface area contributed by atoms with Crippen LogP contribution < -0.4 is 5.56 Å². The average molecular weight is 273 g/mol. The van der Waals surface area contributed by atoms with Crippen molar-refractivity contribution in [1.29, 1.82) is 0 Å². The first-order valence-corrected chi connectivity index (χ1v) is 6.35. The molecule has 0 unspecified atom stereocenters. The second-order valence-electron chi connectivity index (χ2n) is 5.27. The molecule has 19 heavy (non-hydrogen) atoms. The van der Waals surface area contributed by atoms with Gasteiger partial charge < -0.3 is 4.98 Å². The second-order valence-corrected chi connectivity index (χ2v) is 5.27. The third-order valence-corrected chi connectivity index (χ3v) is 3.63. The third kappa shape index (κ3) is 2.65. The Hall–Kier alpha value is -1.37. The third-order valence-electron chi connectivity index (χ3n) is 3.63. The highest BCUT2D eigenvalue weighted by Gasteiger charge is 2.36. The molecule has 0 radical (unpaired) electrons. The molecule has 1 aliphatic heterocycles. The van der Waals surface area contributed by atoms with Crippen LogP contribution in [0.3, 0.4) is 0 Å². The molecule has 1 saturated carbocycles. The molecule has 0 amide bonds. The minimum Gasteiger partial charge on any atom is -0.303 e. The number of aromatic amines is 1. The molecule has 104 valence electrons. The molecule has 1 N–H and O–H groups in total. The molecular weight excluding hydrogens is 259 g/mol. The minimum atomic E-state index is -4.60. The van der Waals surface area contributed by atoms with Gasteiger partial charge in [-0.2, -0.15) is 13.2 Å². The first-order chi connectivity index (χ1) is 8.93. The number of hydrogen-bond donors (Lipinski definition) is 1. The van der Waals surface area contributed by atoms with E-state index in [1.54, 1.807) is 0 Å². The first kappa shape index (κ1) is 12.7. The van der Waals surface area contributed by atoms with E-state index in [9.17, 15) is 18.0 Å². The predicted octanol–water partition coefficient (Wildman–Crippen LogP) is 1.56. The lowest BCUT2D eigenvalue weighted by Gasteiger charge is -2.27. The molecule has 4 nitrogen and oxygen atoms in total. The van der Waals surface area contributed by atoms with Crippen molar-refractivity contribution in [2.45, 2.75) is 32.0 Å². The maximum Gasteiger partial charge on any atom is 0.449 e. The van der Waals surface area contributed by atoms with Crippen LogP contribution in [0.15, 0.2) is 4.79 Å². The first-order valence-electron chi connectivity index (χ1n) is 6.35. The van der Waals surface area contributed by atoms with Crippen molar-refractivity contribution in [1.82, 2.24) is 14.9 Å². The Morgan fingerprint density at radius 1 is 1.37 bits per heavy atom. The SMILES string of the molecule is O=c1[nH]c(C(F)(F)F)nc2c1CCN(CC1CC1)C2. The number of aromatic nitrogens is 2. The molecule has 1 aromatic rings. The highest BCUT2D eigenvalue weighted by molar-refractivity contribution is 5.21. The molecule has 0 aromatic carbocycles. The van der Waals surface area contributed by atoms with E-state index < -0.39 is 17.6 Å². The molecule has 3 rings (SSSR count). The number of alkyl halides is 3. The van der Waals surface area contributed by atoms with Gasteiger partial charge in [-0.3, -0.25) is 9.69 Å². The van der Waals surface area contributed by atoms with Crippen molar-refractivity contribution in [3.05, 3.63) is 27.4 Å². The Balaban J connectivity index is 1.89.